The lowest BCUT2D eigenvalue weighted by Gasteiger charge is -2.04. The van der Waals surface area contributed by atoms with E-state index in [0.717, 1.165) is 23.3 Å². The zero-order valence-corrected chi connectivity index (χ0v) is 8.78. The van der Waals surface area contributed by atoms with Gasteiger partial charge in [-0.3, -0.25) is 0 Å². The normalized spacial score (nSPS) is 16.3. The summed E-state index contributed by atoms with van der Waals surface area (Å²) in [5.74, 6) is 0.940. The smallest absolute Gasteiger partial charge is 0.134 e. The third-order valence-corrected chi connectivity index (χ3v) is 2.44. The van der Waals surface area contributed by atoms with Gasteiger partial charge < -0.3 is 14.7 Å². The Kier molecular flexibility index (Phi) is 2.49. The predicted octanol–water partition coefficient (Wildman–Crippen LogP) is 1.70. The molecule has 0 radical (unpaired) electrons. The average Bonchev–Trinajstić information content (AvgIpc) is 2.60. The molecule has 4 heteroatoms. The minimum absolute atomic E-state index is 0.273. The van der Waals surface area contributed by atoms with Gasteiger partial charge in [0.15, 0.2) is 0 Å². The number of fused-ring (bicyclic) bond motifs is 1. The van der Waals surface area contributed by atoms with E-state index in [-0.39, 0.29) is 5.75 Å². The van der Waals surface area contributed by atoms with Gasteiger partial charge in [0, 0.05) is 11.6 Å². The number of phenolic OH excluding ortho intramolecular Hbond substituents is 1. The lowest BCUT2D eigenvalue weighted by molar-refractivity contribution is 0.211. The highest BCUT2D eigenvalue weighted by Crippen LogP contribution is 2.32. The molecule has 1 heterocycles. The van der Waals surface area contributed by atoms with Gasteiger partial charge in [0.1, 0.15) is 30.9 Å². The molecular formula is C11H13NO3. The number of aromatic hydroxyl groups is 1. The maximum Gasteiger partial charge on any atom is 0.134 e. The molecule has 80 valence electrons. The largest absolute Gasteiger partial charge is 0.508 e. The lowest BCUT2D eigenvalue weighted by Crippen LogP contribution is -2.02. The van der Waals surface area contributed by atoms with Crippen LogP contribution in [0.4, 0.5) is 0 Å². The molecule has 0 saturated heterocycles. The maximum atomic E-state index is 9.64. The van der Waals surface area contributed by atoms with Gasteiger partial charge in [0.05, 0.1) is 0 Å². The van der Waals surface area contributed by atoms with Crippen LogP contribution in [0.1, 0.15) is 18.1 Å². The minimum atomic E-state index is 0.273. The van der Waals surface area contributed by atoms with Crippen molar-refractivity contribution >= 4 is 5.71 Å². The Bertz CT molecular complexity index is 413. The summed E-state index contributed by atoms with van der Waals surface area (Å²) in [5, 5.41) is 13.5. The summed E-state index contributed by atoms with van der Waals surface area (Å²) in [7, 11) is 1.51. The molecule has 4 nitrogen and oxygen atoms in total. The van der Waals surface area contributed by atoms with Gasteiger partial charge >= 0.3 is 0 Å². The molecule has 0 unspecified atom stereocenters. The number of rotatable bonds is 2. The number of hydrogen-bond donors (Lipinski definition) is 1. The van der Waals surface area contributed by atoms with Gasteiger partial charge in [-0.2, -0.15) is 0 Å². The van der Waals surface area contributed by atoms with E-state index in [1.54, 1.807) is 6.07 Å². The molecule has 0 amide bonds. The van der Waals surface area contributed by atoms with Crippen LogP contribution in [0.3, 0.4) is 0 Å². The van der Waals surface area contributed by atoms with Gasteiger partial charge in [0.2, 0.25) is 0 Å². The quantitative estimate of drug-likeness (QED) is 0.751. The fraction of sp³-hybridized carbons (Fsp3) is 0.364. The Morgan fingerprint density at radius 2 is 2.33 bits per heavy atom. The average molecular weight is 207 g/mol. The van der Waals surface area contributed by atoms with Crippen LogP contribution in [-0.2, 0) is 11.3 Å². The molecule has 0 spiro atoms. The van der Waals surface area contributed by atoms with E-state index in [9.17, 15) is 5.11 Å². The molecule has 0 fully saturated rings. The first-order valence-corrected chi connectivity index (χ1v) is 4.85. The molecule has 0 saturated carbocycles. The maximum absolute atomic E-state index is 9.64. The van der Waals surface area contributed by atoms with Crippen molar-refractivity contribution in [2.45, 2.75) is 13.3 Å². The van der Waals surface area contributed by atoms with E-state index < -0.39 is 0 Å². The monoisotopic (exact) mass is 207 g/mol. The van der Waals surface area contributed by atoms with Crippen molar-refractivity contribution in [2.75, 3.05) is 13.7 Å². The van der Waals surface area contributed by atoms with E-state index in [2.05, 4.69) is 5.16 Å². The number of benzene rings is 1. The highest BCUT2D eigenvalue weighted by molar-refractivity contribution is 6.06. The molecule has 0 bridgehead atoms. The molecular weight excluding hydrogens is 194 g/mol. The highest BCUT2D eigenvalue weighted by atomic mass is 16.6. The third kappa shape index (κ3) is 1.63. The third-order valence-electron chi connectivity index (χ3n) is 2.44. The zero-order chi connectivity index (χ0) is 10.8. The summed E-state index contributed by atoms with van der Waals surface area (Å²) in [4.78, 5) is 4.73. The van der Waals surface area contributed by atoms with Crippen molar-refractivity contribution in [1.29, 1.82) is 0 Å². The summed E-state index contributed by atoms with van der Waals surface area (Å²) < 4.78 is 5.37. The van der Waals surface area contributed by atoms with Crippen molar-refractivity contribution in [3.8, 4) is 11.5 Å². The van der Waals surface area contributed by atoms with Crippen LogP contribution in [0.2, 0.25) is 0 Å². The van der Waals surface area contributed by atoms with Crippen molar-refractivity contribution in [3.05, 3.63) is 23.3 Å². The number of hydrogen-bond acceptors (Lipinski definition) is 4. The van der Waals surface area contributed by atoms with Crippen LogP contribution in [0.5, 0.6) is 11.5 Å². The van der Waals surface area contributed by atoms with E-state index in [1.807, 2.05) is 13.0 Å². The molecule has 1 aromatic rings. The number of ether oxygens (including phenoxy) is 1. The molecule has 0 aromatic heterocycles. The zero-order valence-electron chi connectivity index (χ0n) is 8.78. The van der Waals surface area contributed by atoms with Crippen LogP contribution in [0.15, 0.2) is 17.3 Å². The molecule has 15 heavy (non-hydrogen) atoms. The van der Waals surface area contributed by atoms with Crippen LogP contribution in [0.25, 0.3) is 0 Å². The summed E-state index contributed by atoms with van der Waals surface area (Å²) in [6.45, 7) is 2.39. The molecule has 2 rings (SSSR count). The lowest BCUT2D eigenvalue weighted by atomic mass is 10.0. The second-order valence-corrected chi connectivity index (χ2v) is 3.34. The number of nitrogens with zero attached hydrogens (tertiary/aromatic N) is 1. The SMILES string of the molecule is CCc1cc2c(cc1O)OC/C2=N\OC. The Morgan fingerprint density at radius 3 is 3.00 bits per heavy atom. The predicted molar refractivity (Wildman–Crippen MR) is 56.5 cm³/mol. The van der Waals surface area contributed by atoms with Crippen LogP contribution >= 0.6 is 0 Å². The van der Waals surface area contributed by atoms with Crippen molar-refractivity contribution < 1.29 is 14.7 Å². The standard InChI is InChI=1S/C11H13NO3/c1-3-7-4-8-9(12-14-2)6-15-11(8)5-10(7)13/h4-5,13H,3,6H2,1-2H3/b12-9+. The minimum Gasteiger partial charge on any atom is -0.508 e. The first kappa shape index (κ1) is 9.83. The number of aryl methyl sites for hydroxylation is 1. The highest BCUT2D eigenvalue weighted by Gasteiger charge is 2.22. The van der Waals surface area contributed by atoms with Crippen molar-refractivity contribution in [3.63, 3.8) is 0 Å². The van der Waals surface area contributed by atoms with E-state index in [1.165, 1.54) is 7.11 Å². The Morgan fingerprint density at radius 1 is 1.53 bits per heavy atom. The fourth-order valence-corrected chi connectivity index (χ4v) is 1.65. The van der Waals surface area contributed by atoms with Gasteiger partial charge in [0.25, 0.3) is 0 Å². The first-order valence-electron chi connectivity index (χ1n) is 4.85. The van der Waals surface area contributed by atoms with Crippen molar-refractivity contribution in [2.24, 2.45) is 5.16 Å². The second kappa shape index (κ2) is 3.81. The number of phenols is 1. The Hall–Kier alpha value is -1.71. The van der Waals surface area contributed by atoms with Gasteiger partial charge in [-0.25, -0.2) is 0 Å². The topological polar surface area (TPSA) is 51.0 Å². The van der Waals surface area contributed by atoms with Crippen LogP contribution in [0, 0.1) is 0 Å². The number of oxime groups is 1. The van der Waals surface area contributed by atoms with E-state index in [4.69, 9.17) is 9.57 Å². The summed E-state index contributed by atoms with van der Waals surface area (Å²) in [5.41, 5.74) is 2.57. The van der Waals surface area contributed by atoms with Crippen LogP contribution < -0.4 is 4.74 Å². The summed E-state index contributed by atoms with van der Waals surface area (Å²) >= 11 is 0. The molecule has 1 aliphatic heterocycles. The van der Waals surface area contributed by atoms with Gasteiger partial charge in [-0.1, -0.05) is 12.1 Å². The summed E-state index contributed by atoms with van der Waals surface area (Å²) in [6.07, 6.45) is 0.777. The van der Waals surface area contributed by atoms with E-state index in [0.29, 0.717) is 12.4 Å². The second-order valence-electron chi connectivity index (χ2n) is 3.34. The Balaban J connectivity index is 2.49. The Labute approximate surface area is 88.1 Å². The van der Waals surface area contributed by atoms with Crippen LogP contribution in [-0.4, -0.2) is 24.5 Å². The first-order chi connectivity index (χ1) is 7.26. The molecule has 1 N–H and O–H groups in total. The van der Waals surface area contributed by atoms with Gasteiger partial charge in [-0.15, -0.1) is 0 Å². The fourth-order valence-electron chi connectivity index (χ4n) is 1.65. The molecule has 1 aromatic carbocycles. The van der Waals surface area contributed by atoms with E-state index >= 15 is 0 Å². The summed E-state index contributed by atoms with van der Waals surface area (Å²) in [6, 6.07) is 3.53. The van der Waals surface area contributed by atoms with Gasteiger partial charge in [-0.05, 0) is 18.1 Å². The molecule has 0 atom stereocenters. The molecule has 0 aliphatic carbocycles. The van der Waals surface area contributed by atoms with Crippen molar-refractivity contribution in [1.82, 2.24) is 0 Å². The molecule has 1 aliphatic rings.